The van der Waals surface area contributed by atoms with Gasteiger partial charge in [-0.05, 0) is 165 Å². The maximum absolute atomic E-state index is 12.7. The highest BCUT2D eigenvalue weighted by Gasteiger charge is 2.39. The van der Waals surface area contributed by atoms with Gasteiger partial charge in [0.15, 0.2) is 17.5 Å². The van der Waals surface area contributed by atoms with Crippen LogP contribution in [0.3, 0.4) is 0 Å². The molecule has 0 atom stereocenters. The minimum atomic E-state index is -3.56. The van der Waals surface area contributed by atoms with E-state index >= 15 is 0 Å². The third-order valence-electron chi connectivity index (χ3n) is 21.3. The van der Waals surface area contributed by atoms with Crippen LogP contribution in [0.5, 0.6) is 0 Å². The van der Waals surface area contributed by atoms with Crippen molar-refractivity contribution >= 4 is 89.5 Å². The minimum absolute atomic E-state index is 0.0102. The van der Waals surface area contributed by atoms with Gasteiger partial charge in [-0.1, -0.05) is 85.1 Å². The molecule has 526 valence electrons. The summed E-state index contributed by atoms with van der Waals surface area (Å²) in [4.78, 5) is 68.1. The van der Waals surface area contributed by atoms with Crippen LogP contribution < -0.4 is 31.9 Å². The molecule has 3 amide bonds. The van der Waals surface area contributed by atoms with Gasteiger partial charge in [-0.25, -0.2) is 8.42 Å². The van der Waals surface area contributed by atoms with Crippen molar-refractivity contribution in [3.05, 3.63) is 120 Å². The lowest BCUT2D eigenvalue weighted by Gasteiger charge is -2.47. The molecule has 6 N–H and O–H groups in total. The second-order valence-electron chi connectivity index (χ2n) is 29.1. The number of nitrogens with zero attached hydrogens (tertiary/aromatic N) is 9. The highest BCUT2D eigenvalue weighted by molar-refractivity contribution is 7.89. The molecule has 0 unspecified atom stereocenters. The number of hydrogen-bond acceptors (Lipinski definition) is 16. The number of carbonyl (C=O) groups excluding carboxylic acids is 5. The van der Waals surface area contributed by atoms with E-state index in [2.05, 4.69) is 140 Å². The summed E-state index contributed by atoms with van der Waals surface area (Å²) in [7, 11) is -3.56. The number of amides is 3. The van der Waals surface area contributed by atoms with E-state index in [1.54, 1.807) is 19.9 Å². The molecule has 3 saturated carbocycles. The Bertz CT molecular complexity index is 4070. The third kappa shape index (κ3) is 17.9. The van der Waals surface area contributed by atoms with Crippen molar-refractivity contribution in [3.8, 4) is 0 Å². The van der Waals surface area contributed by atoms with E-state index in [9.17, 15) is 32.4 Å². The summed E-state index contributed by atoms with van der Waals surface area (Å²) in [6.07, 6.45) is 16.4. The lowest BCUT2D eigenvalue weighted by molar-refractivity contribution is -0.123. The first kappa shape index (κ1) is 71.3. The topological polar surface area (TPSA) is 255 Å². The van der Waals surface area contributed by atoms with Crippen molar-refractivity contribution in [1.29, 1.82) is 0 Å². The van der Waals surface area contributed by atoms with Crippen LogP contribution >= 0.6 is 0 Å². The monoisotopic (exact) mass is 1360 g/mol. The maximum Gasteiger partial charge on any atom is 0.251 e. The first-order chi connectivity index (χ1) is 47.0. The fourth-order valence-corrected chi connectivity index (χ4v) is 16.2. The van der Waals surface area contributed by atoms with E-state index < -0.39 is 10.0 Å². The van der Waals surface area contributed by atoms with Gasteiger partial charge in [0.1, 0.15) is 11.6 Å². The second kappa shape index (κ2) is 31.9. The summed E-state index contributed by atoms with van der Waals surface area (Å²) in [6, 6.07) is 30.7. The van der Waals surface area contributed by atoms with Gasteiger partial charge in [0.05, 0.1) is 73.7 Å². The zero-order valence-corrected chi connectivity index (χ0v) is 59.5. The number of fused-ring (bicyclic) bond motifs is 3. The number of allylic oxidation sites excluding steroid dienone is 1. The third-order valence-corrected chi connectivity index (χ3v) is 22.2. The molecular formula is C75H103N15O7S. The smallest absolute Gasteiger partial charge is 0.251 e. The van der Waals surface area contributed by atoms with Crippen molar-refractivity contribution < 1.29 is 32.4 Å². The Morgan fingerprint density at radius 1 is 0.510 bits per heavy atom. The predicted octanol–water partition coefficient (Wildman–Crippen LogP) is 9.22. The van der Waals surface area contributed by atoms with Crippen molar-refractivity contribution in [2.75, 3.05) is 81.1 Å². The number of anilines is 3. The van der Waals surface area contributed by atoms with E-state index in [0.29, 0.717) is 59.5 Å². The number of benzene rings is 4. The average Bonchev–Trinajstić information content (AvgIpc) is 1.64. The number of carbonyl (C=O) groups is 5. The molecule has 22 nitrogen and oxygen atoms in total. The normalized spacial score (nSPS) is 21.9. The quantitative estimate of drug-likeness (QED) is 0.0326. The molecule has 3 aliphatic heterocycles. The Morgan fingerprint density at radius 2 is 0.878 bits per heavy atom. The lowest BCUT2D eigenvalue weighted by Crippen LogP contribution is -2.63. The van der Waals surface area contributed by atoms with E-state index in [-0.39, 0.29) is 67.3 Å². The number of likely N-dealkylation sites (tertiary alicyclic amines) is 3. The first-order valence-electron chi connectivity index (χ1n) is 35.6. The molecule has 0 radical (unpaired) electrons. The predicted molar refractivity (Wildman–Crippen MR) is 389 cm³/mol. The molecule has 3 saturated heterocycles. The van der Waals surface area contributed by atoms with Crippen molar-refractivity contribution in [1.82, 2.24) is 59.4 Å². The minimum Gasteiger partial charge on any atom is -0.359 e. The molecule has 4 aromatic carbocycles. The van der Waals surface area contributed by atoms with Gasteiger partial charge in [-0.15, -0.1) is 11.7 Å². The van der Waals surface area contributed by atoms with Gasteiger partial charge in [0.25, 0.3) is 10.0 Å². The number of ketones is 2. The fourth-order valence-electron chi connectivity index (χ4n) is 15.4. The van der Waals surface area contributed by atoms with Gasteiger partial charge < -0.3 is 31.9 Å². The molecule has 6 heterocycles. The molecular weight excluding hydrogens is 1250 g/mol. The van der Waals surface area contributed by atoms with Crippen molar-refractivity contribution in [2.45, 2.75) is 175 Å². The van der Waals surface area contributed by atoms with Crippen LogP contribution in [0.15, 0.2) is 97.6 Å². The molecule has 3 aliphatic carbocycles. The average molecular weight is 1360 g/mol. The second-order valence-corrected chi connectivity index (χ2v) is 30.9. The van der Waals surface area contributed by atoms with Crippen LogP contribution in [-0.2, 0) is 47.1 Å². The summed E-state index contributed by atoms with van der Waals surface area (Å²) < 4.78 is 29.0. The SMILES string of the molecule is C=CCn1nc(NCC(=O)NC2CN(C3CCC(C(C)=O)CC3)C2)c2cc(C)ccc21.CC(=O)C1CCC(N2CC(NC(=O)CNc3nn(S(C)(=O)=O)c4ccc(C)cc34)C2)CC1.Cc1ccc2c(c1)c(NCC(=O)NC1CN(C3CCC(C(C)C)CC3)C1)nn2Cc1ccccc1. The van der Waals surface area contributed by atoms with E-state index in [4.69, 9.17) is 5.10 Å². The standard InChI is InChI=1S/C29H39N5O.C24H33N5O2.C22H31N5O4S/c1-20(2)23-10-12-25(13-11-23)33-18-24(19-33)31-28(35)16-30-29-26-15-21(3)9-14-27(26)34(32-29)17-22-7-5-4-6-8-22;1-4-11-29-22-10-5-16(2)12-21(22)24(27-29)25-13-23(31)26-19-14-28(15-19)20-8-6-18(7-9-20)17(3)30;1-14-4-9-20-19(10-14)22(25-27(20)32(3,30)31)23-11-21(29)24-17-12-26(13-17)18-7-5-16(6-8-18)15(2)28/h4-9,14-15,20,23-25H,10-13,16-19H2,1-3H3,(H,30,32)(H,31,35);4-5,10,12,18-20H,1,6-9,11,13-15H2,2-3H3,(H,25,27)(H,26,31);4,9-10,16-18H,5-8,11-13H2,1-3H3,(H,23,25)(H,24,29). The van der Waals surface area contributed by atoms with Gasteiger partial charge in [0.2, 0.25) is 17.7 Å². The summed E-state index contributed by atoms with van der Waals surface area (Å²) in [5.41, 5.74) is 7.10. The van der Waals surface area contributed by atoms with Crippen molar-refractivity contribution in [3.63, 3.8) is 0 Å². The zero-order chi connectivity index (χ0) is 69.4. The van der Waals surface area contributed by atoms with Crippen LogP contribution in [0.1, 0.15) is 127 Å². The van der Waals surface area contributed by atoms with E-state index in [1.807, 2.05) is 52.7 Å². The van der Waals surface area contributed by atoms with Crippen LogP contribution in [0.2, 0.25) is 0 Å². The number of nitrogens with one attached hydrogen (secondary N) is 6. The van der Waals surface area contributed by atoms with Gasteiger partial charge in [-0.3, -0.25) is 48.0 Å². The first-order valence-corrected chi connectivity index (χ1v) is 37.5. The molecule has 7 aromatic rings. The Balaban J connectivity index is 0.000000149. The van der Waals surface area contributed by atoms with E-state index in [1.165, 1.54) is 36.8 Å². The van der Waals surface area contributed by atoms with Crippen LogP contribution in [-0.4, -0.2) is 183 Å². The molecule has 3 aromatic heterocycles. The Kier molecular flexibility index (Phi) is 23.2. The molecule has 13 rings (SSSR count). The molecule has 23 heteroatoms. The van der Waals surface area contributed by atoms with Crippen LogP contribution in [0, 0.1) is 44.4 Å². The fraction of sp³-hybridized carbons (Fsp3) is 0.547. The highest BCUT2D eigenvalue weighted by Crippen LogP contribution is 2.36. The number of rotatable bonds is 23. The molecule has 0 spiro atoms. The highest BCUT2D eigenvalue weighted by atomic mass is 32.2. The largest absolute Gasteiger partial charge is 0.359 e. The number of hydrogen-bond donors (Lipinski definition) is 6. The van der Waals surface area contributed by atoms with Gasteiger partial charge in [-0.2, -0.15) is 14.3 Å². The summed E-state index contributed by atoms with van der Waals surface area (Å²) in [5, 5.41) is 35.2. The van der Waals surface area contributed by atoms with Crippen LogP contribution in [0.4, 0.5) is 17.5 Å². The Morgan fingerprint density at radius 3 is 1.27 bits per heavy atom. The Hall–Kier alpha value is -7.99. The van der Waals surface area contributed by atoms with E-state index in [0.717, 1.165) is 157 Å². The molecule has 6 aliphatic rings. The Labute approximate surface area is 577 Å². The lowest BCUT2D eigenvalue weighted by atomic mass is 9.78. The maximum atomic E-state index is 12.7. The van der Waals surface area contributed by atoms with Crippen molar-refractivity contribution in [2.24, 2.45) is 23.7 Å². The molecule has 98 heavy (non-hydrogen) atoms. The zero-order valence-electron chi connectivity index (χ0n) is 58.7. The summed E-state index contributed by atoms with van der Waals surface area (Å²) in [5.74, 6) is 4.56. The number of aromatic nitrogens is 6. The molecule has 0 bridgehead atoms. The number of aryl methyl sites for hydroxylation is 3. The van der Waals surface area contributed by atoms with Gasteiger partial charge in [0, 0.05) is 85.4 Å². The summed E-state index contributed by atoms with van der Waals surface area (Å²) in [6.45, 7) is 25.2. The van der Waals surface area contributed by atoms with Gasteiger partial charge >= 0.3 is 0 Å². The number of Topliss-reactive ketones (excluding diaryl/α,β-unsaturated/α-hetero) is 2. The molecule has 6 fully saturated rings. The van der Waals surface area contributed by atoms with Crippen LogP contribution in [0.25, 0.3) is 32.7 Å². The summed E-state index contributed by atoms with van der Waals surface area (Å²) >= 11 is 0.